The van der Waals surface area contributed by atoms with Gasteiger partial charge in [0.05, 0.1) is 6.10 Å². The lowest BCUT2D eigenvalue weighted by Crippen LogP contribution is -2.38. The molecule has 112 valence electrons. The molecule has 2 rings (SSSR count). The highest BCUT2D eigenvalue weighted by Crippen LogP contribution is 2.21. The summed E-state index contributed by atoms with van der Waals surface area (Å²) in [7, 11) is 3.68. The van der Waals surface area contributed by atoms with Crippen LogP contribution in [0.3, 0.4) is 0 Å². The Hall–Kier alpha value is -0.970. The number of likely N-dealkylation sites (tertiary alicyclic amines) is 1. The van der Waals surface area contributed by atoms with Gasteiger partial charge in [0.1, 0.15) is 5.82 Å². The van der Waals surface area contributed by atoms with Crippen LogP contribution in [-0.4, -0.2) is 44.8 Å². The van der Waals surface area contributed by atoms with Gasteiger partial charge in [-0.3, -0.25) is 0 Å². The predicted molar refractivity (Wildman–Crippen MR) is 79.3 cm³/mol. The highest BCUT2D eigenvalue weighted by Gasteiger charge is 2.20. The van der Waals surface area contributed by atoms with Crippen LogP contribution in [0, 0.1) is 5.82 Å². The van der Waals surface area contributed by atoms with Gasteiger partial charge < -0.3 is 15.0 Å². The Bertz CT molecular complexity index is 405. The van der Waals surface area contributed by atoms with Gasteiger partial charge in [0.2, 0.25) is 0 Å². The van der Waals surface area contributed by atoms with Crippen LogP contribution in [0.4, 0.5) is 4.39 Å². The molecule has 0 bridgehead atoms. The fraction of sp³-hybridized carbons (Fsp3) is 0.625. The average molecular weight is 280 g/mol. The van der Waals surface area contributed by atoms with Crippen LogP contribution in [0.15, 0.2) is 24.3 Å². The summed E-state index contributed by atoms with van der Waals surface area (Å²) in [6.45, 7) is 3.15. The number of methoxy groups -OCH3 is 1. The third kappa shape index (κ3) is 4.01. The molecule has 1 fully saturated rings. The van der Waals surface area contributed by atoms with Gasteiger partial charge in [-0.25, -0.2) is 4.39 Å². The van der Waals surface area contributed by atoms with Crippen molar-refractivity contribution in [3.63, 3.8) is 0 Å². The number of ether oxygens (including phenoxy) is 1. The second-order valence-electron chi connectivity index (χ2n) is 5.43. The van der Waals surface area contributed by atoms with E-state index in [9.17, 15) is 4.39 Å². The summed E-state index contributed by atoms with van der Waals surface area (Å²) in [4.78, 5) is 2.45. The van der Waals surface area contributed by atoms with Crippen molar-refractivity contribution >= 4 is 0 Å². The number of rotatable bonds is 6. The summed E-state index contributed by atoms with van der Waals surface area (Å²) in [5.41, 5.74) is 0.766. The van der Waals surface area contributed by atoms with Crippen molar-refractivity contribution < 1.29 is 9.13 Å². The molecule has 1 aliphatic heterocycles. The van der Waals surface area contributed by atoms with Gasteiger partial charge in [0.15, 0.2) is 0 Å². The minimum Gasteiger partial charge on any atom is -0.381 e. The number of piperidine rings is 1. The van der Waals surface area contributed by atoms with Gasteiger partial charge in [-0.05, 0) is 38.9 Å². The lowest BCUT2D eigenvalue weighted by molar-refractivity contribution is 0.0401. The topological polar surface area (TPSA) is 24.5 Å². The monoisotopic (exact) mass is 280 g/mol. The van der Waals surface area contributed by atoms with Gasteiger partial charge >= 0.3 is 0 Å². The normalized spacial score (nSPS) is 19.1. The van der Waals surface area contributed by atoms with E-state index >= 15 is 0 Å². The predicted octanol–water partition coefficient (Wildman–Crippen LogP) is 2.59. The van der Waals surface area contributed by atoms with Crippen molar-refractivity contribution in [2.24, 2.45) is 0 Å². The molecule has 0 spiro atoms. The third-order valence-electron chi connectivity index (χ3n) is 4.23. The highest BCUT2D eigenvalue weighted by molar-refractivity contribution is 5.21. The molecule has 1 aromatic carbocycles. The van der Waals surface area contributed by atoms with Crippen molar-refractivity contribution in [2.45, 2.75) is 31.4 Å². The van der Waals surface area contributed by atoms with Gasteiger partial charge in [-0.15, -0.1) is 0 Å². The van der Waals surface area contributed by atoms with Crippen LogP contribution < -0.4 is 5.32 Å². The molecule has 0 saturated carbocycles. The number of hydrogen-bond acceptors (Lipinski definition) is 3. The molecule has 1 unspecified atom stereocenters. The molecule has 1 aromatic rings. The van der Waals surface area contributed by atoms with Crippen molar-refractivity contribution in [2.75, 3.05) is 33.8 Å². The van der Waals surface area contributed by atoms with Crippen LogP contribution in [0.2, 0.25) is 0 Å². The Balaban J connectivity index is 1.84. The second-order valence-corrected chi connectivity index (χ2v) is 5.43. The van der Waals surface area contributed by atoms with Gasteiger partial charge in [-0.1, -0.05) is 18.2 Å². The third-order valence-corrected chi connectivity index (χ3v) is 4.23. The molecule has 0 radical (unpaired) electrons. The summed E-state index contributed by atoms with van der Waals surface area (Å²) < 4.78 is 19.2. The SMILES string of the molecule is CNC(CCN1CCC(OC)CC1)c1ccccc1F. The molecular formula is C16H25FN2O. The van der Waals surface area contributed by atoms with Gasteiger partial charge in [-0.2, -0.15) is 0 Å². The number of hydrogen-bond donors (Lipinski definition) is 1. The van der Waals surface area contributed by atoms with Crippen LogP contribution in [0.25, 0.3) is 0 Å². The fourth-order valence-corrected chi connectivity index (χ4v) is 2.89. The Morgan fingerprint density at radius 3 is 2.65 bits per heavy atom. The van der Waals surface area contributed by atoms with Crippen LogP contribution >= 0.6 is 0 Å². The van der Waals surface area contributed by atoms with E-state index in [2.05, 4.69) is 10.2 Å². The first-order chi connectivity index (χ1) is 9.74. The summed E-state index contributed by atoms with van der Waals surface area (Å²) >= 11 is 0. The number of nitrogens with zero attached hydrogens (tertiary/aromatic N) is 1. The summed E-state index contributed by atoms with van der Waals surface area (Å²) in [6.07, 6.45) is 3.54. The number of benzene rings is 1. The zero-order valence-corrected chi connectivity index (χ0v) is 12.4. The van der Waals surface area contributed by atoms with Crippen molar-refractivity contribution in [3.8, 4) is 0 Å². The zero-order valence-electron chi connectivity index (χ0n) is 12.4. The largest absolute Gasteiger partial charge is 0.381 e. The summed E-state index contributed by atoms with van der Waals surface area (Å²) in [5.74, 6) is -0.120. The van der Waals surface area contributed by atoms with Crippen molar-refractivity contribution in [1.29, 1.82) is 0 Å². The molecule has 1 aliphatic rings. The molecular weight excluding hydrogens is 255 g/mol. The molecule has 0 aromatic heterocycles. The van der Waals surface area contributed by atoms with E-state index < -0.39 is 0 Å². The Morgan fingerprint density at radius 2 is 2.05 bits per heavy atom. The Kier molecular flexibility index (Phi) is 5.95. The first kappa shape index (κ1) is 15.4. The lowest BCUT2D eigenvalue weighted by atomic mass is 10.0. The Morgan fingerprint density at radius 1 is 1.35 bits per heavy atom. The molecule has 1 atom stereocenters. The molecule has 1 saturated heterocycles. The van der Waals surface area contributed by atoms with Gasteiger partial charge in [0.25, 0.3) is 0 Å². The van der Waals surface area contributed by atoms with Crippen molar-refractivity contribution in [3.05, 3.63) is 35.6 Å². The van der Waals surface area contributed by atoms with E-state index in [1.165, 1.54) is 6.07 Å². The fourth-order valence-electron chi connectivity index (χ4n) is 2.89. The smallest absolute Gasteiger partial charge is 0.127 e. The van der Waals surface area contributed by atoms with E-state index in [0.717, 1.165) is 44.5 Å². The van der Waals surface area contributed by atoms with E-state index in [0.29, 0.717) is 6.10 Å². The minimum atomic E-state index is -0.120. The highest BCUT2D eigenvalue weighted by atomic mass is 19.1. The quantitative estimate of drug-likeness (QED) is 0.867. The number of halogens is 1. The van der Waals surface area contributed by atoms with Crippen LogP contribution in [-0.2, 0) is 4.74 Å². The summed E-state index contributed by atoms with van der Waals surface area (Å²) in [5, 5.41) is 3.23. The molecule has 4 heteroatoms. The molecule has 0 amide bonds. The first-order valence-corrected chi connectivity index (χ1v) is 7.41. The average Bonchev–Trinajstić information content (AvgIpc) is 2.50. The molecule has 1 N–H and O–H groups in total. The standard InChI is InChI=1S/C16H25FN2O/c1-18-16(14-5-3-4-6-15(14)17)9-12-19-10-7-13(20-2)8-11-19/h3-6,13,16,18H,7-12H2,1-2H3. The zero-order chi connectivity index (χ0) is 14.4. The maximum Gasteiger partial charge on any atom is 0.127 e. The maximum absolute atomic E-state index is 13.8. The van der Waals surface area contributed by atoms with E-state index in [4.69, 9.17) is 4.74 Å². The van der Waals surface area contributed by atoms with Crippen molar-refractivity contribution in [1.82, 2.24) is 10.2 Å². The summed E-state index contributed by atoms with van der Waals surface area (Å²) in [6, 6.07) is 7.11. The molecule has 3 nitrogen and oxygen atoms in total. The lowest BCUT2D eigenvalue weighted by Gasteiger charge is -2.32. The first-order valence-electron chi connectivity index (χ1n) is 7.41. The van der Waals surface area contributed by atoms with E-state index in [-0.39, 0.29) is 11.9 Å². The molecule has 20 heavy (non-hydrogen) atoms. The second kappa shape index (κ2) is 7.72. The van der Waals surface area contributed by atoms with E-state index in [1.807, 2.05) is 19.2 Å². The van der Waals surface area contributed by atoms with Crippen LogP contribution in [0.1, 0.15) is 30.9 Å². The van der Waals surface area contributed by atoms with E-state index in [1.54, 1.807) is 13.2 Å². The van der Waals surface area contributed by atoms with Crippen LogP contribution in [0.5, 0.6) is 0 Å². The number of nitrogens with one attached hydrogen (secondary N) is 1. The Labute approximate surface area is 121 Å². The van der Waals surface area contributed by atoms with Gasteiger partial charge in [0, 0.05) is 31.8 Å². The minimum absolute atomic E-state index is 0.0800. The molecule has 1 heterocycles. The maximum atomic E-state index is 13.8. The molecule has 0 aliphatic carbocycles.